The van der Waals surface area contributed by atoms with Gasteiger partial charge in [-0.25, -0.2) is 0 Å². The Bertz CT molecular complexity index is 554. The number of aromatic nitrogens is 2. The van der Waals surface area contributed by atoms with Crippen LogP contribution in [-0.2, 0) is 32.7 Å². The topological polar surface area (TPSA) is 28.7 Å². The summed E-state index contributed by atoms with van der Waals surface area (Å²) in [4.78, 5) is 7.78. The third kappa shape index (κ3) is 2.09. The maximum Gasteiger partial charge on any atom is 3.00 e. The minimum absolute atomic E-state index is 0. The van der Waals surface area contributed by atoms with Crippen LogP contribution in [0.5, 0.6) is 0 Å². The Kier molecular flexibility index (Phi) is 3.52. The average molecular weight is 282 g/mol. The molecule has 0 amide bonds. The summed E-state index contributed by atoms with van der Waals surface area (Å²) in [7, 11) is 0. The van der Waals surface area contributed by atoms with Crippen molar-refractivity contribution in [1.82, 2.24) is 9.97 Å². The third-order valence-corrected chi connectivity index (χ3v) is 2.37. The quantitative estimate of drug-likeness (QED) is 0.683. The molecule has 0 aliphatic heterocycles. The number of imidazole rings is 1. The SMILES string of the molecule is [Y+3].[c-]1ccc2[nH]c(-c3ccccc3)nc2c1. The molecule has 2 aromatic carbocycles. The molecule has 0 spiro atoms. The van der Waals surface area contributed by atoms with Crippen LogP contribution in [0.15, 0.2) is 48.5 Å². The van der Waals surface area contributed by atoms with E-state index in [-0.39, 0.29) is 32.7 Å². The summed E-state index contributed by atoms with van der Waals surface area (Å²) in [5.74, 6) is 0.908. The molecular formula is C13H9N2Y+2. The molecule has 3 aromatic rings. The van der Waals surface area contributed by atoms with Crippen molar-refractivity contribution in [1.29, 1.82) is 0 Å². The first-order valence-electron chi connectivity index (χ1n) is 4.85. The van der Waals surface area contributed by atoms with E-state index in [0.29, 0.717) is 0 Å². The Balaban J connectivity index is 0.000000963. The van der Waals surface area contributed by atoms with Crippen LogP contribution in [0.25, 0.3) is 22.4 Å². The smallest absolute Gasteiger partial charge is 0.361 e. The van der Waals surface area contributed by atoms with Crippen molar-refractivity contribution in [2.75, 3.05) is 0 Å². The molecule has 0 aliphatic carbocycles. The van der Waals surface area contributed by atoms with E-state index >= 15 is 0 Å². The molecule has 1 N–H and O–H groups in total. The van der Waals surface area contributed by atoms with Gasteiger partial charge in [0.15, 0.2) is 0 Å². The van der Waals surface area contributed by atoms with Crippen LogP contribution >= 0.6 is 0 Å². The fourth-order valence-corrected chi connectivity index (χ4v) is 1.63. The van der Waals surface area contributed by atoms with E-state index in [1.54, 1.807) is 0 Å². The second-order valence-corrected chi connectivity index (χ2v) is 3.39. The molecule has 0 unspecified atom stereocenters. The van der Waals surface area contributed by atoms with Crippen molar-refractivity contribution < 1.29 is 32.7 Å². The van der Waals surface area contributed by atoms with Crippen molar-refractivity contribution in [3.8, 4) is 11.4 Å². The number of hydrogen-bond donors (Lipinski definition) is 1. The Morgan fingerprint density at radius 1 is 1.06 bits per heavy atom. The molecule has 2 nitrogen and oxygen atoms in total. The van der Waals surface area contributed by atoms with Gasteiger partial charge in [-0.2, -0.15) is 12.1 Å². The van der Waals surface area contributed by atoms with Gasteiger partial charge in [-0.15, -0.1) is 12.1 Å². The van der Waals surface area contributed by atoms with E-state index in [9.17, 15) is 0 Å². The summed E-state index contributed by atoms with van der Waals surface area (Å²) in [5, 5.41) is 0. The first-order chi connectivity index (χ1) is 7.43. The Labute approximate surface area is 119 Å². The molecule has 0 saturated heterocycles. The van der Waals surface area contributed by atoms with Crippen molar-refractivity contribution in [2.24, 2.45) is 0 Å². The van der Waals surface area contributed by atoms with Gasteiger partial charge >= 0.3 is 32.7 Å². The molecule has 1 aromatic heterocycles. The van der Waals surface area contributed by atoms with Crippen molar-refractivity contribution in [2.45, 2.75) is 0 Å². The molecule has 0 radical (unpaired) electrons. The molecule has 0 fully saturated rings. The number of H-pyrrole nitrogens is 1. The molecule has 3 heteroatoms. The van der Waals surface area contributed by atoms with Crippen molar-refractivity contribution >= 4 is 11.0 Å². The van der Waals surface area contributed by atoms with Gasteiger partial charge in [-0.1, -0.05) is 30.3 Å². The third-order valence-electron chi connectivity index (χ3n) is 2.37. The number of nitrogens with one attached hydrogen (secondary N) is 1. The van der Waals surface area contributed by atoms with Crippen LogP contribution in [0.3, 0.4) is 0 Å². The van der Waals surface area contributed by atoms with Gasteiger partial charge in [0.05, 0.1) is 0 Å². The minimum atomic E-state index is 0. The standard InChI is InChI=1S/C13H9N2.Y/c1-2-6-10(7-3-1)13-14-11-8-4-5-9-12(11)15-13;/h1-4,6-9H,(H,14,15);/q-1;+3. The number of fused-ring (bicyclic) bond motifs is 1. The van der Waals surface area contributed by atoms with Gasteiger partial charge in [-0.3, -0.25) is 4.98 Å². The summed E-state index contributed by atoms with van der Waals surface area (Å²) < 4.78 is 0. The summed E-state index contributed by atoms with van der Waals surface area (Å²) >= 11 is 0. The maximum atomic E-state index is 4.50. The molecule has 0 aliphatic rings. The normalized spacial score (nSPS) is 10.0. The number of aromatic amines is 1. The van der Waals surface area contributed by atoms with E-state index in [2.05, 4.69) is 16.0 Å². The van der Waals surface area contributed by atoms with E-state index < -0.39 is 0 Å². The number of benzene rings is 2. The van der Waals surface area contributed by atoms with Crippen molar-refractivity contribution in [3.63, 3.8) is 0 Å². The summed E-state index contributed by atoms with van der Waals surface area (Å²) in [6.45, 7) is 0. The van der Waals surface area contributed by atoms with Crippen LogP contribution in [0, 0.1) is 6.07 Å². The summed E-state index contributed by atoms with van der Waals surface area (Å²) in [6.07, 6.45) is 0. The zero-order valence-electron chi connectivity index (χ0n) is 8.64. The van der Waals surface area contributed by atoms with E-state index in [4.69, 9.17) is 0 Å². The number of hydrogen-bond acceptors (Lipinski definition) is 1. The zero-order chi connectivity index (χ0) is 10.1. The Morgan fingerprint density at radius 3 is 2.62 bits per heavy atom. The Morgan fingerprint density at radius 2 is 1.88 bits per heavy atom. The minimum Gasteiger partial charge on any atom is -0.361 e. The number of nitrogens with zero attached hydrogens (tertiary/aromatic N) is 1. The largest absolute Gasteiger partial charge is 3.00 e. The molecule has 16 heavy (non-hydrogen) atoms. The van der Waals surface area contributed by atoms with Crippen LogP contribution in [-0.4, -0.2) is 9.97 Å². The summed E-state index contributed by atoms with van der Waals surface area (Å²) in [5.41, 5.74) is 3.11. The molecule has 0 bridgehead atoms. The van der Waals surface area contributed by atoms with Gasteiger partial charge in [0.25, 0.3) is 0 Å². The van der Waals surface area contributed by atoms with Gasteiger partial charge < -0.3 is 4.98 Å². The molecule has 0 saturated carbocycles. The molecule has 3 rings (SSSR count). The van der Waals surface area contributed by atoms with E-state index in [1.165, 1.54) is 0 Å². The predicted octanol–water partition coefficient (Wildman–Crippen LogP) is 3.03. The van der Waals surface area contributed by atoms with E-state index in [1.807, 2.05) is 48.5 Å². The van der Waals surface area contributed by atoms with Crippen LogP contribution in [0.1, 0.15) is 0 Å². The van der Waals surface area contributed by atoms with Gasteiger partial charge in [0, 0.05) is 5.56 Å². The van der Waals surface area contributed by atoms with Gasteiger partial charge in [0.1, 0.15) is 5.82 Å². The van der Waals surface area contributed by atoms with Gasteiger partial charge in [-0.05, 0) is 11.0 Å². The second kappa shape index (κ2) is 4.90. The van der Waals surface area contributed by atoms with Crippen LogP contribution in [0.4, 0.5) is 0 Å². The summed E-state index contributed by atoms with van der Waals surface area (Å²) in [6, 6.07) is 18.9. The monoisotopic (exact) mass is 282 g/mol. The molecule has 72 valence electrons. The first kappa shape index (κ1) is 11.5. The van der Waals surface area contributed by atoms with Gasteiger partial charge in [0.2, 0.25) is 0 Å². The molecular weight excluding hydrogens is 273 g/mol. The second-order valence-electron chi connectivity index (χ2n) is 3.39. The van der Waals surface area contributed by atoms with Crippen LogP contribution in [0.2, 0.25) is 0 Å². The fourth-order valence-electron chi connectivity index (χ4n) is 1.63. The molecule has 0 atom stereocenters. The fraction of sp³-hybridized carbons (Fsp3) is 0. The predicted molar refractivity (Wildman–Crippen MR) is 60.4 cm³/mol. The zero-order valence-corrected chi connectivity index (χ0v) is 11.5. The first-order valence-corrected chi connectivity index (χ1v) is 4.85. The van der Waals surface area contributed by atoms with Crippen LogP contribution < -0.4 is 0 Å². The van der Waals surface area contributed by atoms with Crippen molar-refractivity contribution in [3.05, 3.63) is 54.6 Å². The number of rotatable bonds is 1. The molecule has 1 heterocycles. The van der Waals surface area contributed by atoms with E-state index in [0.717, 1.165) is 22.4 Å². The Hall–Kier alpha value is -0.986. The average Bonchev–Trinajstić information content (AvgIpc) is 2.74. The maximum absolute atomic E-state index is 4.50.